The number of aliphatic hydroxyl groups excluding tert-OH is 1. The van der Waals surface area contributed by atoms with Crippen LogP contribution in [-0.2, 0) is 24.3 Å². The zero-order valence-electron chi connectivity index (χ0n) is 16.3. The largest absolute Gasteiger partial charge is 0.503 e. The van der Waals surface area contributed by atoms with Gasteiger partial charge in [0.2, 0.25) is 0 Å². The Balaban J connectivity index is 1.45. The van der Waals surface area contributed by atoms with Crippen LogP contribution in [0.1, 0.15) is 27.9 Å². The lowest BCUT2D eigenvalue weighted by atomic mass is 10.0. The standard InChI is InChI=1S/C23H23N3O3/c1-15-20(22(29-25-15)17-5-3-2-4-6-17)9-10-26-13-18-8-7-16(11-19(18)14-26)12-21(27)23(24)28/h2-8,11-12,27H,9-10,13-14H2,1H3,(H2,24,28)/b21-12-. The molecule has 0 saturated heterocycles. The zero-order valence-corrected chi connectivity index (χ0v) is 16.3. The molecule has 148 valence electrons. The van der Waals surface area contributed by atoms with Crippen molar-refractivity contribution < 1.29 is 14.4 Å². The molecule has 1 aliphatic rings. The summed E-state index contributed by atoms with van der Waals surface area (Å²) < 4.78 is 5.59. The van der Waals surface area contributed by atoms with Gasteiger partial charge in [0.05, 0.1) is 5.69 Å². The molecule has 0 unspecified atom stereocenters. The minimum Gasteiger partial charge on any atom is -0.503 e. The van der Waals surface area contributed by atoms with Gasteiger partial charge in [-0.05, 0) is 42.2 Å². The van der Waals surface area contributed by atoms with E-state index in [0.29, 0.717) is 0 Å². The lowest BCUT2D eigenvalue weighted by molar-refractivity contribution is -0.116. The predicted octanol–water partition coefficient (Wildman–Crippen LogP) is 3.59. The second-order valence-electron chi connectivity index (χ2n) is 7.32. The summed E-state index contributed by atoms with van der Waals surface area (Å²) in [7, 11) is 0. The van der Waals surface area contributed by atoms with Crippen LogP contribution in [0.4, 0.5) is 0 Å². The molecule has 2 aromatic carbocycles. The minimum atomic E-state index is -0.828. The van der Waals surface area contributed by atoms with E-state index >= 15 is 0 Å². The second kappa shape index (κ2) is 7.93. The van der Waals surface area contributed by atoms with E-state index in [9.17, 15) is 9.90 Å². The van der Waals surface area contributed by atoms with Gasteiger partial charge in [0.15, 0.2) is 11.5 Å². The van der Waals surface area contributed by atoms with Gasteiger partial charge in [-0.15, -0.1) is 0 Å². The number of benzene rings is 2. The van der Waals surface area contributed by atoms with Crippen LogP contribution in [-0.4, -0.2) is 27.6 Å². The molecule has 0 saturated carbocycles. The number of aliphatic hydroxyl groups is 1. The number of primary amides is 1. The normalized spacial score (nSPS) is 14.2. The first-order valence-electron chi connectivity index (χ1n) is 9.56. The van der Waals surface area contributed by atoms with Crippen molar-refractivity contribution >= 4 is 12.0 Å². The molecule has 3 aromatic rings. The Bertz CT molecular complexity index is 1070. The first-order valence-corrected chi connectivity index (χ1v) is 9.56. The number of hydrogen-bond acceptors (Lipinski definition) is 5. The molecule has 6 heteroatoms. The Morgan fingerprint density at radius 2 is 1.97 bits per heavy atom. The van der Waals surface area contributed by atoms with Gasteiger partial charge >= 0.3 is 0 Å². The average molecular weight is 389 g/mol. The maximum Gasteiger partial charge on any atom is 0.283 e. The van der Waals surface area contributed by atoms with Crippen molar-refractivity contribution in [3.8, 4) is 11.3 Å². The summed E-state index contributed by atoms with van der Waals surface area (Å²) in [6.45, 7) is 4.55. The molecule has 0 aliphatic carbocycles. The van der Waals surface area contributed by atoms with Crippen LogP contribution in [0.15, 0.2) is 58.8 Å². The fourth-order valence-corrected chi connectivity index (χ4v) is 3.73. The molecule has 0 radical (unpaired) electrons. The topological polar surface area (TPSA) is 92.6 Å². The van der Waals surface area contributed by atoms with Crippen molar-refractivity contribution in [2.75, 3.05) is 6.54 Å². The Kier molecular flexibility index (Phi) is 5.18. The minimum absolute atomic E-state index is 0.434. The average Bonchev–Trinajstić information content (AvgIpc) is 3.29. The van der Waals surface area contributed by atoms with Crippen LogP contribution in [0.2, 0.25) is 0 Å². The van der Waals surface area contributed by atoms with Crippen LogP contribution in [0.5, 0.6) is 0 Å². The number of carbonyl (C=O) groups is 1. The zero-order chi connectivity index (χ0) is 20.4. The van der Waals surface area contributed by atoms with Crippen molar-refractivity contribution in [3.05, 3.63) is 82.2 Å². The van der Waals surface area contributed by atoms with Gasteiger partial charge in [0, 0.05) is 30.8 Å². The lowest BCUT2D eigenvalue weighted by Gasteiger charge is -2.14. The second-order valence-corrected chi connectivity index (χ2v) is 7.32. The molecule has 4 rings (SSSR count). The summed E-state index contributed by atoms with van der Waals surface area (Å²) in [5, 5.41) is 13.7. The number of rotatable bonds is 6. The van der Waals surface area contributed by atoms with E-state index in [4.69, 9.17) is 10.3 Å². The molecule has 0 bridgehead atoms. The number of aromatic nitrogens is 1. The van der Waals surface area contributed by atoms with Crippen molar-refractivity contribution in [1.82, 2.24) is 10.1 Å². The fourth-order valence-electron chi connectivity index (χ4n) is 3.73. The van der Waals surface area contributed by atoms with Gasteiger partial charge < -0.3 is 15.4 Å². The van der Waals surface area contributed by atoms with E-state index in [0.717, 1.165) is 54.2 Å². The van der Waals surface area contributed by atoms with Crippen molar-refractivity contribution in [1.29, 1.82) is 0 Å². The third kappa shape index (κ3) is 4.07. The van der Waals surface area contributed by atoms with Gasteiger partial charge in [-0.1, -0.05) is 47.6 Å². The number of carbonyl (C=O) groups excluding carboxylic acids is 1. The van der Waals surface area contributed by atoms with Crippen molar-refractivity contribution in [3.63, 3.8) is 0 Å². The SMILES string of the molecule is Cc1noc(-c2ccccc2)c1CCN1Cc2ccc(/C=C(\O)C(N)=O)cc2C1. The molecule has 0 spiro atoms. The van der Waals surface area contributed by atoms with Gasteiger partial charge in [0.1, 0.15) is 0 Å². The molecule has 0 atom stereocenters. The summed E-state index contributed by atoms with van der Waals surface area (Å²) >= 11 is 0. The number of aryl methyl sites for hydroxylation is 1. The molecule has 1 aromatic heterocycles. The first-order chi connectivity index (χ1) is 14.0. The van der Waals surface area contributed by atoms with Gasteiger partial charge in [-0.2, -0.15) is 0 Å². The molecule has 29 heavy (non-hydrogen) atoms. The summed E-state index contributed by atoms with van der Waals surface area (Å²) in [5.74, 6) is -0.421. The number of nitrogens with zero attached hydrogens (tertiary/aromatic N) is 2. The maximum absolute atomic E-state index is 11.0. The monoisotopic (exact) mass is 389 g/mol. The molecule has 6 nitrogen and oxygen atoms in total. The highest BCUT2D eigenvalue weighted by Crippen LogP contribution is 2.29. The third-order valence-electron chi connectivity index (χ3n) is 5.27. The highest BCUT2D eigenvalue weighted by atomic mass is 16.5. The maximum atomic E-state index is 11.0. The quantitative estimate of drug-likeness (QED) is 0.496. The number of amides is 1. The van der Waals surface area contributed by atoms with Crippen LogP contribution in [0.3, 0.4) is 0 Å². The van der Waals surface area contributed by atoms with Crippen LogP contribution >= 0.6 is 0 Å². The van der Waals surface area contributed by atoms with E-state index in [-0.39, 0.29) is 0 Å². The van der Waals surface area contributed by atoms with E-state index in [1.54, 1.807) is 0 Å². The van der Waals surface area contributed by atoms with Gasteiger partial charge in [-0.25, -0.2) is 0 Å². The predicted molar refractivity (Wildman–Crippen MR) is 111 cm³/mol. The van der Waals surface area contributed by atoms with Crippen molar-refractivity contribution in [2.24, 2.45) is 5.73 Å². The Hall–Kier alpha value is -3.38. The summed E-state index contributed by atoms with van der Waals surface area (Å²) in [4.78, 5) is 13.4. The summed E-state index contributed by atoms with van der Waals surface area (Å²) in [6.07, 6.45) is 2.25. The van der Waals surface area contributed by atoms with E-state index < -0.39 is 11.7 Å². The highest BCUT2D eigenvalue weighted by molar-refractivity contribution is 5.94. The number of fused-ring (bicyclic) bond motifs is 1. The smallest absolute Gasteiger partial charge is 0.283 e. The lowest BCUT2D eigenvalue weighted by Crippen LogP contribution is -2.19. The molecule has 0 fully saturated rings. The molecular formula is C23H23N3O3. The van der Waals surface area contributed by atoms with E-state index in [2.05, 4.69) is 10.1 Å². The molecule has 2 heterocycles. The van der Waals surface area contributed by atoms with Crippen molar-refractivity contribution in [2.45, 2.75) is 26.4 Å². The van der Waals surface area contributed by atoms with E-state index in [1.807, 2.05) is 55.5 Å². The Morgan fingerprint density at radius 3 is 2.72 bits per heavy atom. The van der Waals surface area contributed by atoms with E-state index in [1.165, 1.54) is 17.2 Å². The van der Waals surface area contributed by atoms with Crippen LogP contribution in [0.25, 0.3) is 17.4 Å². The number of hydrogen-bond donors (Lipinski definition) is 2. The fraction of sp³-hybridized carbons (Fsp3) is 0.217. The first kappa shape index (κ1) is 19.0. The number of nitrogens with two attached hydrogens (primary N) is 1. The third-order valence-corrected chi connectivity index (χ3v) is 5.27. The van der Waals surface area contributed by atoms with Crippen LogP contribution in [0, 0.1) is 6.92 Å². The van der Waals surface area contributed by atoms with Gasteiger partial charge in [-0.3, -0.25) is 9.69 Å². The molecule has 3 N–H and O–H groups in total. The molecule has 1 aliphatic heterocycles. The summed E-state index contributed by atoms with van der Waals surface area (Å²) in [5.41, 5.74) is 11.4. The summed E-state index contributed by atoms with van der Waals surface area (Å²) in [6, 6.07) is 16.0. The van der Waals surface area contributed by atoms with Crippen LogP contribution < -0.4 is 5.73 Å². The highest BCUT2D eigenvalue weighted by Gasteiger charge is 2.21. The molecular weight excluding hydrogens is 366 g/mol. The van der Waals surface area contributed by atoms with Gasteiger partial charge in [0.25, 0.3) is 5.91 Å². The Labute approximate surface area is 169 Å². The molecule has 1 amide bonds. The Morgan fingerprint density at radius 1 is 1.21 bits per heavy atom.